The van der Waals surface area contributed by atoms with Crippen molar-refractivity contribution in [2.45, 2.75) is 13.5 Å². The summed E-state index contributed by atoms with van der Waals surface area (Å²) >= 11 is 0. The highest BCUT2D eigenvalue weighted by atomic mass is 16.5. The molecule has 0 unspecified atom stereocenters. The highest BCUT2D eigenvalue weighted by Gasteiger charge is 2.16. The molecule has 0 radical (unpaired) electrons. The number of aryl methyl sites for hydroxylation is 1. The number of hydrogen-bond donors (Lipinski definition) is 0. The third kappa shape index (κ3) is 3.62. The molecule has 0 aliphatic rings. The van der Waals surface area contributed by atoms with E-state index in [4.69, 9.17) is 13.9 Å². The Morgan fingerprint density at radius 2 is 1.64 bits per heavy atom. The number of methoxy groups -OCH3 is 1. The van der Waals surface area contributed by atoms with Crippen LogP contribution in [0.25, 0.3) is 11.0 Å². The number of carbonyl (C=O) groups excluding carboxylic acids is 1. The van der Waals surface area contributed by atoms with Crippen molar-refractivity contribution in [1.29, 1.82) is 0 Å². The van der Waals surface area contributed by atoms with E-state index < -0.39 is 0 Å². The Balaban J connectivity index is 1.58. The maximum absolute atomic E-state index is 12.9. The number of furan rings is 1. The van der Waals surface area contributed by atoms with Crippen LogP contribution in [0.5, 0.6) is 11.5 Å². The smallest absolute Gasteiger partial charge is 0.196 e. The summed E-state index contributed by atoms with van der Waals surface area (Å²) < 4.78 is 16.6. The highest BCUT2D eigenvalue weighted by molar-refractivity contribution is 6.16. The van der Waals surface area contributed by atoms with E-state index >= 15 is 0 Å². The molecular weight excluding hydrogens is 352 g/mol. The fraction of sp³-hybridized carbons (Fsp3) is 0.125. The van der Waals surface area contributed by atoms with Gasteiger partial charge in [0.05, 0.1) is 12.7 Å². The molecule has 0 N–H and O–H groups in total. The molecule has 4 heteroatoms. The van der Waals surface area contributed by atoms with Crippen LogP contribution in [-0.4, -0.2) is 12.9 Å². The molecule has 0 aliphatic heterocycles. The van der Waals surface area contributed by atoms with Crippen LogP contribution in [0.15, 0.2) is 77.4 Å². The van der Waals surface area contributed by atoms with Crippen LogP contribution in [0, 0.1) is 6.92 Å². The van der Waals surface area contributed by atoms with Crippen molar-refractivity contribution < 1.29 is 18.7 Å². The zero-order valence-electron chi connectivity index (χ0n) is 15.8. The first kappa shape index (κ1) is 17.9. The molecule has 0 atom stereocenters. The van der Waals surface area contributed by atoms with Crippen molar-refractivity contribution in [2.75, 3.05) is 7.11 Å². The van der Waals surface area contributed by atoms with E-state index in [1.165, 1.54) is 11.8 Å². The van der Waals surface area contributed by atoms with Gasteiger partial charge in [-0.2, -0.15) is 0 Å². The zero-order valence-corrected chi connectivity index (χ0v) is 15.8. The van der Waals surface area contributed by atoms with Gasteiger partial charge in [-0.3, -0.25) is 4.79 Å². The van der Waals surface area contributed by atoms with Crippen molar-refractivity contribution in [2.24, 2.45) is 0 Å². The van der Waals surface area contributed by atoms with E-state index in [0.717, 1.165) is 10.9 Å². The van der Waals surface area contributed by atoms with Gasteiger partial charge in [0, 0.05) is 10.9 Å². The molecule has 0 fully saturated rings. The standard InChI is InChI=1S/C24H20O4/c1-16-3-5-17(6-4-16)14-27-20-11-12-23-21(13-20)22(15-28-23)24(25)18-7-9-19(26-2)10-8-18/h3-13,15H,14H2,1-2H3. The van der Waals surface area contributed by atoms with Gasteiger partial charge < -0.3 is 13.9 Å². The lowest BCUT2D eigenvalue weighted by Crippen LogP contribution is -2.00. The molecule has 0 aliphatic carbocycles. The lowest BCUT2D eigenvalue weighted by molar-refractivity contribution is 0.103. The number of carbonyl (C=O) groups is 1. The van der Waals surface area contributed by atoms with Gasteiger partial charge in [0.15, 0.2) is 5.78 Å². The van der Waals surface area contributed by atoms with Crippen molar-refractivity contribution >= 4 is 16.8 Å². The Labute approximate surface area is 163 Å². The van der Waals surface area contributed by atoms with Crippen LogP contribution >= 0.6 is 0 Å². The lowest BCUT2D eigenvalue weighted by atomic mass is 10.0. The van der Waals surface area contributed by atoms with Crippen molar-refractivity contribution in [1.82, 2.24) is 0 Å². The Bertz CT molecular complexity index is 1110. The topological polar surface area (TPSA) is 48.7 Å². The molecule has 0 saturated carbocycles. The molecule has 0 amide bonds. The van der Waals surface area contributed by atoms with Gasteiger partial charge >= 0.3 is 0 Å². The van der Waals surface area contributed by atoms with Crippen LogP contribution < -0.4 is 9.47 Å². The van der Waals surface area contributed by atoms with Crippen LogP contribution in [0.4, 0.5) is 0 Å². The maximum atomic E-state index is 12.9. The number of rotatable bonds is 6. The minimum atomic E-state index is -0.0999. The Morgan fingerprint density at radius 3 is 2.36 bits per heavy atom. The monoisotopic (exact) mass is 372 g/mol. The Kier molecular flexibility index (Phi) is 4.85. The summed E-state index contributed by atoms with van der Waals surface area (Å²) in [5.74, 6) is 1.30. The SMILES string of the molecule is COc1ccc(C(=O)c2coc3ccc(OCc4ccc(C)cc4)cc23)cc1. The molecule has 0 spiro atoms. The second kappa shape index (κ2) is 7.61. The summed E-state index contributed by atoms with van der Waals surface area (Å²) in [6.07, 6.45) is 1.50. The van der Waals surface area contributed by atoms with Crippen LogP contribution in [0.2, 0.25) is 0 Å². The third-order valence-corrected chi connectivity index (χ3v) is 4.67. The summed E-state index contributed by atoms with van der Waals surface area (Å²) in [6.45, 7) is 2.52. The van der Waals surface area contributed by atoms with Crippen LogP contribution in [0.3, 0.4) is 0 Å². The van der Waals surface area contributed by atoms with Gasteiger partial charge in [-0.05, 0) is 55.0 Å². The Hall–Kier alpha value is -3.53. The minimum absolute atomic E-state index is 0.0999. The normalized spacial score (nSPS) is 10.8. The first-order valence-corrected chi connectivity index (χ1v) is 9.02. The summed E-state index contributed by atoms with van der Waals surface area (Å²) in [5, 5.41) is 0.738. The molecule has 4 rings (SSSR count). The maximum Gasteiger partial charge on any atom is 0.196 e. The fourth-order valence-corrected chi connectivity index (χ4v) is 3.02. The van der Waals surface area contributed by atoms with E-state index in [9.17, 15) is 4.79 Å². The first-order valence-electron chi connectivity index (χ1n) is 9.02. The first-order chi connectivity index (χ1) is 13.6. The molecule has 140 valence electrons. The average molecular weight is 372 g/mol. The van der Waals surface area contributed by atoms with Gasteiger partial charge in [0.1, 0.15) is 30.0 Å². The number of ether oxygens (including phenoxy) is 2. The van der Waals surface area contributed by atoms with Crippen molar-refractivity contribution in [3.05, 3.63) is 95.2 Å². The highest BCUT2D eigenvalue weighted by Crippen LogP contribution is 2.28. The quantitative estimate of drug-likeness (QED) is 0.416. The zero-order chi connectivity index (χ0) is 19.5. The third-order valence-electron chi connectivity index (χ3n) is 4.67. The molecule has 1 aromatic heterocycles. The van der Waals surface area contributed by atoms with E-state index in [-0.39, 0.29) is 5.78 Å². The molecular formula is C24H20O4. The lowest BCUT2D eigenvalue weighted by Gasteiger charge is -2.07. The van der Waals surface area contributed by atoms with Crippen molar-refractivity contribution in [3.8, 4) is 11.5 Å². The van der Waals surface area contributed by atoms with Gasteiger partial charge in [-0.25, -0.2) is 0 Å². The van der Waals surface area contributed by atoms with E-state index in [0.29, 0.717) is 34.8 Å². The van der Waals surface area contributed by atoms with Crippen LogP contribution in [0.1, 0.15) is 27.0 Å². The molecule has 3 aromatic carbocycles. The van der Waals surface area contributed by atoms with Gasteiger partial charge in [-0.1, -0.05) is 29.8 Å². The molecule has 28 heavy (non-hydrogen) atoms. The van der Waals surface area contributed by atoms with Gasteiger partial charge in [0.25, 0.3) is 0 Å². The summed E-state index contributed by atoms with van der Waals surface area (Å²) in [5.41, 5.74) is 4.05. The van der Waals surface area contributed by atoms with E-state index in [1.807, 2.05) is 30.3 Å². The number of benzene rings is 3. The number of ketones is 1. The molecule has 1 heterocycles. The minimum Gasteiger partial charge on any atom is -0.497 e. The molecule has 4 aromatic rings. The predicted octanol–water partition coefficient (Wildman–Crippen LogP) is 5.56. The van der Waals surface area contributed by atoms with Crippen LogP contribution in [-0.2, 0) is 6.61 Å². The summed E-state index contributed by atoms with van der Waals surface area (Å²) in [4.78, 5) is 12.9. The molecule has 4 nitrogen and oxygen atoms in total. The largest absolute Gasteiger partial charge is 0.497 e. The number of fused-ring (bicyclic) bond motifs is 1. The Morgan fingerprint density at radius 1 is 0.929 bits per heavy atom. The fourth-order valence-electron chi connectivity index (χ4n) is 3.02. The second-order valence-corrected chi connectivity index (χ2v) is 6.64. The molecule has 0 bridgehead atoms. The summed E-state index contributed by atoms with van der Waals surface area (Å²) in [7, 11) is 1.60. The van der Waals surface area contributed by atoms with E-state index in [1.54, 1.807) is 31.4 Å². The van der Waals surface area contributed by atoms with Gasteiger partial charge in [-0.15, -0.1) is 0 Å². The summed E-state index contributed by atoms with van der Waals surface area (Å²) in [6, 6.07) is 20.8. The number of hydrogen-bond acceptors (Lipinski definition) is 4. The predicted molar refractivity (Wildman–Crippen MR) is 108 cm³/mol. The van der Waals surface area contributed by atoms with E-state index in [2.05, 4.69) is 19.1 Å². The average Bonchev–Trinajstić information content (AvgIpc) is 3.16. The van der Waals surface area contributed by atoms with Crippen molar-refractivity contribution in [3.63, 3.8) is 0 Å². The van der Waals surface area contributed by atoms with Gasteiger partial charge in [0.2, 0.25) is 0 Å². The second-order valence-electron chi connectivity index (χ2n) is 6.64. The molecule has 0 saturated heterocycles.